The number of nitrogens with one attached hydrogen (secondary N) is 2. The first-order valence-corrected chi connectivity index (χ1v) is 7.37. The van der Waals surface area contributed by atoms with Gasteiger partial charge in [0.2, 0.25) is 0 Å². The Labute approximate surface area is 119 Å². The predicted molar refractivity (Wildman–Crippen MR) is 81.6 cm³/mol. The molecule has 4 heteroatoms. The normalized spacial score (nSPS) is 28.2. The lowest BCUT2D eigenvalue weighted by molar-refractivity contribution is 0.392. The molecular weight excluding hydrogens is 256 g/mol. The third-order valence-corrected chi connectivity index (χ3v) is 4.60. The number of fused-ring (bicyclic) bond motifs is 2. The van der Waals surface area contributed by atoms with E-state index in [1.807, 2.05) is 24.3 Å². The van der Waals surface area contributed by atoms with Crippen LogP contribution in [0.1, 0.15) is 25.7 Å². The van der Waals surface area contributed by atoms with E-state index in [0.29, 0.717) is 6.04 Å². The van der Waals surface area contributed by atoms with Gasteiger partial charge in [-0.1, -0.05) is 12.5 Å². The van der Waals surface area contributed by atoms with Gasteiger partial charge in [0.25, 0.3) is 0 Å². The summed E-state index contributed by atoms with van der Waals surface area (Å²) in [6.07, 6.45) is 5.45. The van der Waals surface area contributed by atoms with Gasteiger partial charge in [0.05, 0.1) is 7.11 Å². The van der Waals surface area contributed by atoms with Gasteiger partial charge in [-0.2, -0.15) is 0 Å². The molecule has 2 aliphatic rings. The van der Waals surface area contributed by atoms with Crippen molar-refractivity contribution in [3.8, 4) is 5.75 Å². The van der Waals surface area contributed by atoms with Crippen molar-refractivity contribution in [3.63, 3.8) is 0 Å². The quantitative estimate of drug-likeness (QED) is 0.831. The lowest BCUT2D eigenvalue weighted by atomic mass is 9.96. The molecule has 102 valence electrons. The molecule has 2 saturated carbocycles. The Morgan fingerprint density at radius 2 is 2.21 bits per heavy atom. The van der Waals surface area contributed by atoms with Gasteiger partial charge in [0.15, 0.2) is 5.11 Å². The van der Waals surface area contributed by atoms with E-state index in [1.54, 1.807) is 7.11 Å². The molecule has 0 aliphatic heterocycles. The largest absolute Gasteiger partial charge is 0.497 e. The van der Waals surface area contributed by atoms with Crippen LogP contribution >= 0.6 is 12.2 Å². The molecule has 1 aromatic rings. The van der Waals surface area contributed by atoms with E-state index in [4.69, 9.17) is 17.0 Å². The molecule has 0 amide bonds. The second kappa shape index (κ2) is 5.37. The lowest BCUT2D eigenvalue weighted by Gasteiger charge is -2.24. The smallest absolute Gasteiger partial charge is 0.171 e. The van der Waals surface area contributed by atoms with E-state index in [1.165, 1.54) is 25.7 Å². The van der Waals surface area contributed by atoms with Crippen molar-refractivity contribution in [1.29, 1.82) is 0 Å². The number of hydrogen-bond donors (Lipinski definition) is 2. The van der Waals surface area contributed by atoms with E-state index in [-0.39, 0.29) is 0 Å². The molecule has 3 atom stereocenters. The molecule has 2 bridgehead atoms. The zero-order chi connectivity index (χ0) is 13.2. The first-order valence-electron chi connectivity index (χ1n) is 6.96. The maximum Gasteiger partial charge on any atom is 0.171 e. The number of thiocarbonyl (C=S) groups is 1. The van der Waals surface area contributed by atoms with Crippen LogP contribution < -0.4 is 15.4 Å². The summed E-state index contributed by atoms with van der Waals surface area (Å²) < 4.78 is 5.21. The highest BCUT2D eigenvalue weighted by atomic mass is 32.1. The molecule has 2 N–H and O–H groups in total. The zero-order valence-electron chi connectivity index (χ0n) is 11.2. The first-order chi connectivity index (χ1) is 9.24. The maximum atomic E-state index is 5.40. The summed E-state index contributed by atoms with van der Waals surface area (Å²) in [4.78, 5) is 0. The van der Waals surface area contributed by atoms with E-state index in [2.05, 4.69) is 10.6 Å². The Morgan fingerprint density at radius 3 is 2.89 bits per heavy atom. The number of methoxy groups -OCH3 is 1. The van der Waals surface area contributed by atoms with Crippen molar-refractivity contribution in [1.82, 2.24) is 5.32 Å². The minimum Gasteiger partial charge on any atom is -0.497 e. The highest BCUT2D eigenvalue weighted by Gasteiger charge is 2.39. The molecule has 1 aromatic carbocycles. The Kier molecular flexibility index (Phi) is 3.60. The number of anilines is 1. The van der Waals surface area contributed by atoms with Crippen molar-refractivity contribution in [3.05, 3.63) is 24.3 Å². The van der Waals surface area contributed by atoms with Gasteiger partial charge in [0, 0.05) is 17.8 Å². The van der Waals surface area contributed by atoms with Gasteiger partial charge >= 0.3 is 0 Å². The van der Waals surface area contributed by atoms with Gasteiger partial charge in [-0.25, -0.2) is 0 Å². The van der Waals surface area contributed by atoms with Crippen LogP contribution in [0, 0.1) is 11.8 Å². The number of benzene rings is 1. The Hall–Kier alpha value is -1.29. The summed E-state index contributed by atoms with van der Waals surface area (Å²) in [5, 5.41) is 7.45. The second-order valence-electron chi connectivity index (χ2n) is 5.61. The van der Waals surface area contributed by atoms with E-state index in [0.717, 1.165) is 28.4 Å². The average molecular weight is 276 g/mol. The van der Waals surface area contributed by atoms with E-state index < -0.39 is 0 Å². The van der Waals surface area contributed by atoms with Crippen LogP contribution in [0.4, 0.5) is 5.69 Å². The third kappa shape index (κ3) is 2.84. The molecule has 0 heterocycles. The topological polar surface area (TPSA) is 33.3 Å². The number of rotatable bonds is 3. The zero-order valence-corrected chi connectivity index (χ0v) is 12.0. The Morgan fingerprint density at radius 1 is 1.32 bits per heavy atom. The highest BCUT2D eigenvalue weighted by Crippen LogP contribution is 2.44. The second-order valence-corrected chi connectivity index (χ2v) is 6.02. The van der Waals surface area contributed by atoms with Crippen LogP contribution in [-0.4, -0.2) is 18.3 Å². The molecule has 3 rings (SSSR count). The molecule has 2 fully saturated rings. The van der Waals surface area contributed by atoms with Crippen molar-refractivity contribution < 1.29 is 4.74 Å². The van der Waals surface area contributed by atoms with E-state index >= 15 is 0 Å². The minimum absolute atomic E-state index is 0.573. The molecule has 3 nitrogen and oxygen atoms in total. The minimum atomic E-state index is 0.573. The third-order valence-electron chi connectivity index (χ3n) is 4.38. The average Bonchev–Trinajstić information content (AvgIpc) is 3.01. The van der Waals surface area contributed by atoms with Crippen molar-refractivity contribution in [2.75, 3.05) is 12.4 Å². The Bertz CT molecular complexity index is 477. The lowest BCUT2D eigenvalue weighted by Crippen LogP contribution is -2.40. The van der Waals surface area contributed by atoms with Crippen LogP contribution in [0.25, 0.3) is 0 Å². The summed E-state index contributed by atoms with van der Waals surface area (Å²) in [6.45, 7) is 0. The van der Waals surface area contributed by atoms with Crippen LogP contribution in [0.5, 0.6) is 5.75 Å². The summed E-state index contributed by atoms with van der Waals surface area (Å²) >= 11 is 5.40. The van der Waals surface area contributed by atoms with Gasteiger partial charge < -0.3 is 15.4 Å². The predicted octanol–water partition coefficient (Wildman–Crippen LogP) is 3.17. The molecule has 0 spiro atoms. The molecule has 0 saturated heterocycles. The first kappa shape index (κ1) is 12.7. The summed E-state index contributed by atoms with van der Waals surface area (Å²) in [5.74, 6) is 2.60. The summed E-state index contributed by atoms with van der Waals surface area (Å²) in [6, 6.07) is 8.41. The Balaban J connectivity index is 1.56. The molecule has 0 unspecified atom stereocenters. The fourth-order valence-electron chi connectivity index (χ4n) is 3.46. The van der Waals surface area contributed by atoms with Crippen molar-refractivity contribution in [2.45, 2.75) is 31.7 Å². The summed E-state index contributed by atoms with van der Waals surface area (Å²) in [5.41, 5.74) is 0.972. The van der Waals surface area contributed by atoms with Gasteiger partial charge in [-0.15, -0.1) is 0 Å². The van der Waals surface area contributed by atoms with Gasteiger partial charge in [0.1, 0.15) is 5.75 Å². The molecule has 19 heavy (non-hydrogen) atoms. The fourth-order valence-corrected chi connectivity index (χ4v) is 3.73. The fraction of sp³-hybridized carbons (Fsp3) is 0.533. The number of hydrogen-bond acceptors (Lipinski definition) is 2. The monoisotopic (exact) mass is 276 g/mol. The SMILES string of the molecule is COc1cccc(NC(=S)N[C@@H]2C[C@H]3CC[C@H]2C3)c1. The van der Waals surface area contributed by atoms with Gasteiger partial charge in [-0.05, 0) is 55.4 Å². The van der Waals surface area contributed by atoms with Crippen LogP contribution in [0.15, 0.2) is 24.3 Å². The van der Waals surface area contributed by atoms with Gasteiger partial charge in [-0.3, -0.25) is 0 Å². The molecule has 2 aliphatic carbocycles. The van der Waals surface area contributed by atoms with Crippen molar-refractivity contribution >= 4 is 23.0 Å². The molecule has 0 radical (unpaired) electrons. The molecule has 0 aromatic heterocycles. The van der Waals surface area contributed by atoms with Crippen molar-refractivity contribution in [2.24, 2.45) is 11.8 Å². The van der Waals surface area contributed by atoms with Crippen LogP contribution in [-0.2, 0) is 0 Å². The van der Waals surface area contributed by atoms with Crippen LogP contribution in [0.2, 0.25) is 0 Å². The standard InChI is InChI=1S/C15H20N2OS/c1-18-13-4-2-3-12(9-13)16-15(19)17-14-8-10-5-6-11(14)7-10/h2-4,9-11,14H,5-8H2,1H3,(H2,16,17,19)/t10-,11-,14+/m0/s1. The summed E-state index contributed by atoms with van der Waals surface area (Å²) in [7, 11) is 1.67. The van der Waals surface area contributed by atoms with Crippen LogP contribution in [0.3, 0.4) is 0 Å². The molecular formula is C15H20N2OS. The maximum absolute atomic E-state index is 5.40. The van der Waals surface area contributed by atoms with E-state index in [9.17, 15) is 0 Å². The highest BCUT2D eigenvalue weighted by molar-refractivity contribution is 7.80. The number of ether oxygens (including phenoxy) is 1.